The Bertz CT molecular complexity index is 284. The van der Waals surface area contributed by atoms with Crippen LogP contribution in [0.5, 0.6) is 0 Å². The van der Waals surface area contributed by atoms with E-state index in [9.17, 15) is 0 Å². The minimum absolute atomic E-state index is 0.554. The van der Waals surface area contributed by atoms with Crippen LogP contribution in [0.15, 0.2) is 6.20 Å². The van der Waals surface area contributed by atoms with Gasteiger partial charge in [-0.2, -0.15) is 0 Å². The van der Waals surface area contributed by atoms with Crippen LogP contribution >= 0.6 is 0 Å². The van der Waals surface area contributed by atoms with E-state index in [0.29, 0.717) is 5.92 Å². The lowest BCUT2D eigenvalue weighted by Crippen LogP contribution is -2.11. The Morgan fingerprint density at radius 2 is 2.43 bits per heavy atom. The molecule has 1 saturated heterocycles. The number of hydrogen-bond donors (Lipinski definition) is 2. The van der Waals surface area contributed by atoms with Gasteiger partial charge in [0.05, 0.1) is 0 Å². The Balaban J connectivity index is 1.95. The molecule has 3 nitrogen and oxygen atoms in total. The van der Waals surface area contributed by atoms with Gasteiger partial charge in [-0.25, -0.2) is 4.98 Å². The monoisotopic (exact) mass is 193 g/mol. The number of H-pyrrole nitrogens is 1. The normalized spacial score (nSPS) is 22.1. The third-order valence-electron chi connectivity index (χ3n) is 2.91. The van der Waals surface area contributed by atoms with Crippen LogP contribution in [-0.2, 0) is 6.42 Å². The van der Waals surface area contributed by atoms with E-state index in [0.717, 1.165) is 24.7 Å². The Kier molecular flexibility index (Phi) is 2.87. The average molecular weight is 193 g/mol. The molecule has 1 aromatic heterocycles. The molecule has 2 rings (SSSR count). The number of imidazole rings is 1. The minimum atomic E-state index is 0.554. The van der Waals surface area contributed by atoms with E-state index in [1.54, 1.807) is 0 Å². The number of hydrogen-bond acceptors (Lipinski definition) is 2. The third kappa shape index (κ3) is 2.15. The highest BCUT2D eigenvalue weighted by atomic mass is 14.9. The van der Waals surface area contributed by atoms with E-state index < -0.39 is 0 Å². The molecule has 1 atom stereocenters. The summed E-state index contributed by atoms with van der Waals surface area (Å²) in [5.41, 5.74) is 1.26. The van der Waals surface area contributed by atoms with Crippen molar-refractivity contribution in [1.29, 1.82) is 0 Å². The molecule has 0 amide bonds. The maximum absolute atomic E-state index is 4.42. The summed E-state index contributed by atoms with van der Waals surface area (Å²) in [5.74, 6) is 2.49. The zero-order valence-electron chi connectivity index (χ0n) is 9.01. The van der Waals surface area contributed by atoms with Crippen LogP contribution in [0.4, 0.5) is 0 Å². The molecule has 1 aliphatic heterocycles. The average Bonchev–Trinajstić information content (AvgIpc) is 2.75. The highest BCUT2D eigenvalue weighted by Crippen LogP contribution is 2.16. The van der Waals surface area contributed by atoms with Crippen LogP contribution in [0.3, 0.4) is 0 Å². The summed E-state index contributed by atoms with van der Waals surface area (Å²) >= 11 is 0. The maximum atomic E-state index is 4.42. The predicted octanol–water partition coefficient (Wildman–Crippen LogP) is 1.69. The van der Waals surface area contributed by atoms with Crippen LogP contribution in [0.1, 0.15) is 37.7 Å². The first-order valence-electron chi connectivity index (χ1n) is 5.50. The van der Waals surface area contributed by atoms with Gasteiger partial charge < -0.3 is 10.3 Å². The molecule has 0 bridgehead atoms. The highest BCUT2D eigenvalue weighted by molar-refractivity contribution is 5.06. The van der Waals surface area contributed by atoms with E-state index >= 15 is 0 Å². The summed E-state index contributed by atoms with van der Waals surface area (Å²) in [6, 6.07) is 0. The van der Waals surface area contributed by atoms with Gasteiger partial charge in [0.15, 0.2) is 0 Å². The van der Waals surface area contributed by atoms with Crippen molar-refractivity contribution in [3.8, 4) is 0 Å². The van der Waals surface area contributed by atoms with Crippen molar-refractivity contribution in [3.05, 3.63) is 17.7 Å². The summed E-state index contributed by atoms with van der Waals surface area (Å²) < 4.78 is 0. The Morgan fingerprint density at radius 3 is 3.00 bits per heavy atom. The van der Waals surface area contributed by atoms with Crippen molar-refractivity contribution in [2.75, 3.05) is 13.1 Å². The third-order valence-corrected chi connectivity index (χ3v) is 2.91. The molecule has 0 radical (unpaired) electrons. The second kappa shape index (κ2) is 4.13. The fourth-order valence-electron chi connectivity index (χ4n) is 1.94. The van der Waals surface area contributed by atoms with Crippen molar-refractivity contribution in [2.45, 2.75) is 32.6 Å². The van der Waals surface area contributed by atoms with Gasteiger partial charge in [-0.3, -0.25) is 0 Å². The molecule has 2 heterocycles. The van der Waals surface area contributed by atoms with Gasteiger partial charge in [-0.15, -0.1) is 0 Å². The summed E-state index contributed by atoms with van der Waals surface area (Å²) in [5, 5.41) is 3.38. The molecule has 1 fully saturated rings. The molecule has 0 spiro atoms. The van der Waals surface area contributed by atoms with Crippen LogP contribution in [0.2, 0.25) is 0 Å². The van der Waals surface area contributed by atoms with E-state index in [1.807, 2.05) is 6.20 Å². The molecule has 2 N–H and O–H groups in total. The lowest BCUT2D eigenvalue weighted by Gasteiger charge is -2.04. The van der Waals surface area contributed by atoms with Crippen LogP contribution in [0.25, 0.3) is 0 Å². The van der Waals surface area contributed by atoms with Gasteiger partial charge in [-0.1, -0.05) is 13.8 Å². The van der Waals surface area contributed by atoms with E-state index in [2.05, 4.69) is 29.1 Å². The summed E-state index contributed by atoms with van der Waals surface area (Å²) in [4.78, 5) is 7.82. The molecule has 1 aliphatic rings. The number of aromatic amines is 1. The molecule has 3 heteroatoms. The molecule has 1 unspecified atom stereocenters. The zero-order valence-corrected chi connectivity index (χ0v) is 9.01. The number of nitrogens with one attached hydrogen (secondary N) is 2. The van der Waals surface area contributed by atoms with Crippen molar-refractivity contribution >= 4 is 0 Å². The summed E-state index contributed by atoms with van der Waals surface area (Å²) in [6.07, 6.45) is 4.36. The molecular formula is C11H19N3. The molecule has 0 aromatic carbocycles. The predicted molar refractivity (Wildman–Crippen MR) is 57.4 cm³/mol. The zero-order chi connectivity index (χ0) is 9.97. The van der Waals surface area contributed by atoms with Gasteiger partial charge in [0.2, 0.25) is 0 Å². The highest BCUT2D eigenvalue weighted by Gasteiger charge is 2.16. The lowest BCUT2D eigenvalue weighted by atomic mass is 10.1. The first-order valence-corrected chi connectivity index (χ1v) is 5.50. The van der Waals surface area contributed by atoms with Gasteiger partial charge >= 0.3 is 0 Å². The smallest absolute Gasteiger partial charge is 0.106 e. The van der Waals surface area contributed by atoms with Crippen molar-refractivity contribution in [1.82, 2.24) is 15.3 Å². The quantitative estimate of drug-likeness (QED) is 0.767. The number of nitrogens with zero attached hydrogens (tertiary/aromatic N) is 1. The van der Waals surface area contributed by atoms with E-state index in [-0.39, 0.29) is 0 Å². The summed E-state index contributed by atoms with van der Waals surface area (Å²) in [6.45, 7) is 6.70. The van der Waals surface area contributed by atoms with Gasteiger partial charge in [-0.05, 0) is 31.3 Å². The summed E-state index contributed by atoms with van der Waals surface area (Å²) in [7, 11) is 0. The lowest BCUT2D eigenvalue weighted by molar-refractivity contribution is 0.563. The fourth-order valence-corrected chi connectivity index (χ4v) is 1.94. The van der Waals surface area contributed by atoms with Crippen molar-refractivity contribution < 1.29 is 0 Å². The second-order valence-corrected chi connectivity index (χ2v) is 4.50. The van der Waals surface area contributed by atoms with Crippen LogP contribution in [-0.4, -0.2) is 23.1 Å². The maximum Gasteiger partial charge on any atom is 0.106 e. The Morgan fingerprint density at radius 1 is 1.57 bits per heavy atom. The van der Waals surface area contributed by atoms with Crippen molar-refractivity contribution in [3.63, 3.8) is 0 Å². The Hall–Kier alpha value is -0.830. The topological polar surface area (TPSA) is 40.7 Å². The van der Waals surface area contributed by atoms with E-state index in [1.165, 1.54) is 18.7 Å². The number of aromatic nitrogens is 2. The number of rotatable bonds is 3. The van der Waals surface area contributed by atoms with Gasteiger partial charge in [0, 0.05) is 18.3 Å². The molecule has 0 aliphatic carbocycles. The standard InChI is InChI=1S/C11H19N3/c1-8(2)10-7-13-11(14-10)5-9-3-4-12-6-9/h7-9,12H,3-6H2,1-2H3,(H,13,14). The van der Waals surface area contributed by atoms with E-state index in [4.69, 9.17) is 0 Å². The molecule has 0 saturated carbocycles. The first kappa shape index (κ1) is 9.71. The first-order chi connectivity index (χ1) is 6.75. The minimum Gasteiger partial charge on any atom is -0.346 e. The molecular weight excluding hydrogens is 174 g/mol. The van der Waals surface area contributed by atoms with Crippen LogP contribution in [0, 0.1) is 5.92 Å². The SMILES string of the molecule is CC(C)c1cnc(CC2CCNC2)[nH]1. The van der Waals surface area contributed by atoms with Crippen LogP contribution < -0.4 is 5.32 Å². The fraction of sp³-hybridized carbons (Fsp3) is 0.727. The molecule has 78 valence electrons. The van der Waals surface area contributed by atoms with Gasteiger partial charge in [0.25, 0.3) is 0 Å². The molecule has 1 aromatic rings. The van der Waals surface area contributed by atoms with Crippen molar-refractivity contribution in [2.24, 2.45) is 5.92 Å². The van der Waals surface area contributed by atoms with Gasteiger partial charge in [0.1, 0.15) is 5.82 Å². The largest absolute Gasteiger partial charge is 0.346 e. The Labute approximate surface area is 85.3 Å². The second-order valence-electron chi connectivity index (χ2n) is 4.50. The molecule has 14 heavy (non-hydrogen) atoms.